The van der Waals surface area contributed by atoms with Crippen molar-refractivity contribution in [2.45, 2.75) is 27.3 Å². The summed E-state index contributed by atoms with van der Waals surface area (Å²) in [5, 5.41) is 4.83. The molecule has 3 rings (SSSR count). The molecule has 0 bridgehead atoms. The van der Waals surface area contributed by atoms with Crippen molar-refractivity contribution in [2.24, 2.45) is 5.10 Å². The lowest BCUT2D eigenvalue weighted by Gasteiger charge is -2.04. The number of hydrogen-bond acceptors (Lipinski definition) is 3. The molecule has 0 saturated heterocycles. The van der Waals surface area contributed by atoms with Crippen LogP contribution >= 0.6 is 11.6 Å². The number of nitrogens with zero attached hydrogens (tertiary/aromatic N) is 3. The normalized spacial score (nSPS) is 11.8. The number of nitrogens with one attached hydrogen (secondary N) is 1. The molecule has 0 radical (unpaired) electrons. The first-order valence-corrected chi connectivity index (χ1v) is 8.45. The third-order valence-electron chi connectivity index (χ3n) is 4.10. The van der Waals surface area contributed by atoms with Gasteiger partial charge in [-0.3, -0.25) is 4.79 Å². The number of aromatic nitrogens is 2. The van der Waals surface area contributed by atoms with Gasteiger partial charge in [-0.05, 0) is 56.7 Å². The van der Waals surface area contributed by atoms with E-state index in [-0.39, 0.29) is 5.91 Å². The molecule has 0 unspecified atom stereocenters. The van der Waals surface area contributed by atoms with Gasteiger partial charge in [-0.2, -0.15) is 5.10 Å². The average molecular weight is 355 g/mol. The molecular weight excluding hydrogens is 336 g/mol. The summed E-state index contributed by atoms with van der Waals surface area (Å²) < 4.78 is 2.11. The fourth-order valence-electron chi connectivity index (χ4n) is 2.75. The van der Waals surface area contributed by atoms with E-state index in [0.717, 1.165) is 29.0 Å². The van der Waals surface area contributed by atoms with Crippen LogP contribution in [0.3, 0.4) is 0 Å². The number of rotatable bonds is 4. The molecule has 1 N–H and O–H groups in total. The maximum absolute atomic E-state index is 12.4. The Morgan fingerprint density at radius 2 is 1.88 bits per heavy atom. The van der Waals surface area contributed by atoms with Crippen LogP contribution in [0.4, 0.5) is 0 Å². The van der Waals surface area contributed by atoms with Crippen LogP contribution < -0.4 is 5.43 Å². The smallest absolute Gasteiger partial charge is 0.271 e. The topological polar surface area (TPSA) is 59.3 Å². The van der Waals surface area contributed by atoms with Crippen molar-refractivity contribution in [2.75, 3.05) is 0 Å². The quantitative estimate of drug-likeness (QED) is 0.564. The van der Waals surface area contributed by atoms with Crippen molar-refractivity contribution in [3.8, 4) is 0 Å². The fourth-order valence-corrected chi connectivity index (χ4v) is 2.87. The predicted octanol–water partition coefficient (Wildman–Crippen LogP) is 4.17. The molecule has 0 spiro atoms. The molecule has 0 saturated carbocycles. The van der Waals surface area contributed by atoms with E-state index in [0.29, 0.717) is 16.3 Å². The van der Waals surface area contributed by atoms with Crippen molar-refractivity contribution in [3.05, 3.63) is 64.4 Å². The molecule has 25 heavy (non-hydrogen) atoms. The molecule has 2 aromatic carbocycles. The van der Waals surface area contributed by atoms with E-state index in [1.165, 1.54) is 0 Å². The van der Waals surface area contributed by atoms with Gasteiger partial charge in [0.05, 0.1) is 16.7 Å². The molecule has 1 heterocycles. The SMILES string of the molecule is CCn1c(C)nc2cc(C(=O)NN=C(C)c3ccc(Cl)cc3)ccc21. The number of amides is 1. The first-order chi connectivity index (χ1) is 12.0. The predicted molar refractivity (Wildman–Crippen MR) is 101 cm³/mol. The summed E-state index contributed by atoms with van der Waals surface area (Å²) in [6, 6.07) is 12.8. The highest BCUT2D eigenvalue weighted by atomic mass is 35.5. The number of hydrogen-bond donors (Lipinski definition) is 1. The standard InChI is InChI=1S/C19H19ClN4O/c1-4-24-13(3)21-17-11-15(7-10-18(17)24)19(25)23-22-12(2)14-5-8-16(20)9-6-14/h5-11H,4H2,1-3H3,(H,23,25). The summed E-state index contributed by atoms with van der Waals surface area (Å²) in [7, 11) is 0. The molecule has 5 nitrogen and oxygen atoms in total. The van der Waals surface area contributed by atoms with Crippen molar-refractivity contribution in [1.82, 2.24) is 15.0 Å². The molecule has 0 atom stereocenters. The second kappa shape index (κ2) is 7.07. The van der Waals surface area contributed by atoms with Gasteiger partial charge in [0, 0.05) is 17.1 Å². The largest absolute Gasteiger partial charge is 0.329 e. The molecule has 6 heteroatoms. The molecule has 3 aromatic rings. The van der Waals surface area contributed by atoms with Gasteiger partial charge < -0.3 is 4.57 Å². The number of benzene rings is 2. The van der Waals surface area contributed by atoms with Gasteiger partial charge in [0.1, 0.15) is 5.82 Å². The highest BCUT2D eigenvalue weighted by Gasteiger charge is 2.10. The van der Waals surface area contributed by atoms with E-state index in [2.05, 4.69) is 27.0 Å². The molecule has 1 amide bonds. The minimum absolute atomic E-state index is 0.265. The summed E-state index contributed by atoms with van der Waals surface area (Å²) in [6.07, 6.45) is 0. The number of carbonyl (C=O) groups is 1. The maximum Gasteiger partial charge on any atom is 0.271 e. The zero-order chi connectivity index (χ0) is 18.0. The highest BCUT2D eigenvalue weighted by molar-refractivity contribution is 6.30. The third-order valence-corrected chi connectivity index (χ3v) is 4.36. The Bertz CT molecular complexity index is 957. The number of fused-ring (bicyclic) bond motifs is 1. The molecule has 0 aliphatic carbocycles. The Labute approximate surface area is 151 Å². The van der Waals surface area contributed by atoms with E-state index in [9.17, 15) is 4.79 Å². The first-order valence-electron chi connectivity index (χ1n) is 8.07. The second-order valence-electron chi connectivity index (χ2n) is 5.75. The van der Waals surface area contributed by atoms with E-state index < -0.39 is 0 Å². The summed E-state index contributed by atoms with van der Waals surface area (Å²) in [5.41, 5.74) is 6.56. The van der Waals surface area contributed by atoms with Gasteiger partial charge >= 0.3 is 0 Å². The van der Waals surface area contributed by atoms with Crippen molar-refractivity contribution in [1.29, 1.82) is 0 Å². The van der Waals surface area contributed by atoms with E-state index in [4.69, 9.17) is 11.6 Å². The first kappa shape index (κ1) is 17.2. The van der Waals surface area contributed by atoms with Crippen LogP contribution in [-0.2, 0) is 6.54 Å². The Kier molecular flexibility index (Phi) is 4.86. The molecule has 128 valence electrons. The fraction of sp³-hybridized carbons (Fsp3) is 0.211. The van der Waals surface area contributed by atoms with Gasteiger partial charge in [0.25, 0.3) is 5.91 Å². The molecule has 0 aliphatic heterocycles. The van der Waals surface area contributed by atoms with Crippen LogP contribution in [0.25, 0.3) is 11.0 Å². The van der Waals surface area contributed by atoms with E-state index >= 15 is 0 Å². The second-order valence-corrected chi connectivity index (χ2v) is 6.19. The van der Waals surface area contributed by atoms with Gasteiger partial charge in [0.2, 0.25) is 0 Å². The zero-order valence-electron chi connectivity index (χ0n) is 14.4. The Morgan fingerprint density at radius 1 is 1.20 bits per heavy atom. The number of halogens is 1. The summed E-state index contributed by atoms with van der Waals surface area (Å²) in [5.74, 6) is 0.672. The lowest BCUT2D eigenvalue weighted by molar-refractivity contribution is 0.0955. The zero-order valence-corrected chi connectivity index (χ0v) is 15.1. The minimum Gasteiger partial charge on any atom is -0.329 e. The van der Waals surface area contributed by atoms with Crippen LogP contribution in [0.5, 0.6) is 0 Å². The monoisotopic (exact) mass is 354 g/mol. The van der Waals surface area contributed by atoms with Crippen molar-refractivity contribution >= 4 is 34.3 Å². The summed E-state index contributed by atoms with van der Waals surface area (Å²) in [4.78, 5) is 16.9. The minimum atomic E-state index is -0.265. The van der Waals surface area contributed by atoms with E-state index in [1.54, 1.807) is 24.3 Å². The Morgan fingerprint density at radius 3 is 2.56 bits per heavy atom. The molecule has 1 aromatic heterocycles. The maximum atomic E-state index is 12.4. The van der Waals surface area contributed by atoms with Gasteiger partial charge in [-0.15, -0.1) is 0 Å². The Hall–Kier alpha value is -2.66. The van der Waals surface area contributed by atoms with Crippen LogP contribution in [-0.4, -0.2) is 21.2 Å². The van der Waals surface area contributed by atoms with Crippen LogP contribution in [0.1, 0.15) is 35.6 Å². The average Bonchev–Trinajstić information content (AvgIpc) is 2.93. The van der Waals surface area contributed by atoms with Crippen LogP contribution in [0, 0.1) is 6.92 Å². The van der Waals surface area contributed by atoms with E-state index in [1.807, 2.05) is 32.0 Å². The van der Waals surface area contributed by atoms with Crippen LogP contribution in [0.2, 0.25) is 5.02 Å². The lowest BCUT2D eigenvalue weighted by Crippen LogP contribution is -2.19. The van der Waals surface area contributed by atoms with Crippen molar-refractivity contribution < 1.29 is 4.79 Å². The van der Waals surface area contributed by atoms with Gasteiger partial charge in [-0.25, -0.2) is 10.4 Å². The number of imidazole rings is 1. The Balaban J connectivity index is 1.80. The number of hydrazone groups is 1. The van der Waals surface area contributed by atoms with Gasteiger partial charge in [-0.1, -0.05) is 23.7 Å². The number of carbonyl (C=O) groups excluding carboxylic acids is 1. The summed E-state index contributed by atoms with van der Waals surface area (Å²) >= 11 is 5.88. The number of aryl methyl sites for hydroxylation is 2. The summed E-state index contributed by atoms with van der Waals surface area (Å²) in [6.45, 7) is 6.71. The van der Waals surface area contributed by atoms with Crippen LogP contribution in [0.15, 0.2) is 47.6 Å². The molecule has 0 fully saturated rings. The van der Waals surface area contributed by atoms with Crippen molar-refractivity contribution in [3.63, 3.8) is 0 Å². The lowest BCUT2D eigenvalue weighted by atomic mass is 10.1. The van der Waals surface area contributed by atoms with Gasteiger partial charge in [0.15, 0.2) is 0 Å². The molecular formula is C19H19ClN4O. The highest BCUT2D eigenvalue weighted by Crippen LogP contribution is 2.18. The third kappa shape index (κ3) is 3.56. The molecule has 0 aliphatic rings.